The molecule has 1 heterocycles. The molecule has 0 atom stereocenters. The molecule has 5 heteroatoms. The fourth-order valence-corrected chi connectivity index (χ4v) is 1.87. The fourth-order valence-electron chi connectivity index (χ4n) is 1.87. The largest absolute Gasteiger partial charge is 0.482 e. The van der Waals surface area contributed by atoms with Gasteiger partial charge in [-0.3, -0.25) is 4.79 Å². The summed E-state index contributed by atoms with van der Waals surface area (Å²) in [6, 6.07) is 5.68. The summed E-state index contributed by atoms with van der Waals surface area (Å²) in [5, 5.41) is 0. The Morgan fingerprint density at radius 3 is 2.88 bits per heavy atom. The van der Waals surface area contributed by atoms with E-state index in [-0.39, 0.29) is 12.5 Å². The van der Waals surface area contributed by atoms with Gasteiger partial charge >= 0.3 is 0 Å². The molecule has 17 heavy (non-hydrogen) atoms. The first kappa shape index (κ1) is 11.9. The quantitative estimate of drug-likeness (QED) is 0.782. The maximum absolute atomic E-state index is 11.8. The Bertz CT molecular complexity index is 420. The van der Waals surface area contributed by atoms with Crippen LogP contribution in [0.4, 0.5) is 5.69 Å². The number of nitrogens with zero attached hydrogens (tertiary/aromatic N) is 1. The van der Waals surface area contributed by atoms with Gasteiger partial charge in [0.25, 0.3) is 5.91 Å². The molecule has 4 N–H and O–H groups in total. The van der Waals surface area contributed by atoms with Crippen molar-refractivity contribution in [3.63, 3.8) is 0 Å². The van der Waals surface area contributed by atoms with Crippen molar-refractivity contribution in [2.24, 2.45) is 11.5 Å². The van der Waals surface area contributed by atoms with Gasteiger partial charge in [0.15, 0.2) is 6.61 Å². The van der Waals surface area contributed by atoms with E-state index in [2.05, 4.69) is 0 Å². The van der Waals surface area contributed by atoms with E-state index in [4.69, 9.17) is 16.2 Å². The van der Waals surface area contributed by atoms with Gasteiger partial charge in [-0.15, -0.1) is 0 Å². The summed E-state index contributed by atoms with van der Waals surface area (Å²) in [5.74, 6) is 0.707. The minimum Gasteiger partial charge on any atom is -0.482 e. The second-order valence-electron chi connectivity index (χ2n) is 3.98. The zero-order chi connectivity index (χ0) is 12.3. The normalized spacial score (nSPS) is 14.5. The predicted octanol–water partition coefficient (Wildman–Crippen LogP) is 0.219. The Kier molecular flexibility index (Phi) is 3.61. The maximum Gasteiger partial charge on any atom is 0.265 e. The van der Waals surface area contributed by atoms with Crippen LogP contribution >= 0.6 is 0 Å². The zero-order valence-electron chi connectivity index (χ0n) is 9.69. The van der Waals surface area contributed by atoms with Crippen LogP contribution in [0.3, 0.4) is 0 Å². The van der Waals surface area contributed by atoms with Gasteiger partial charge in [-0.2, -0.15) is 0 Å². The van der Waals surface area contributed by atoms with Crippen molar-refractivity contribution < 1.29 is 9.53 Å². The number of ether oxygens (including phenoxy) is 1. The molecule has 0 radical (unpaired) electrons. The lowest BCUT2D eigenvalue weighted by atomic mass is 10.1. The smallest absolute Gasteiger partial charge is 0.265 e. The van der Waals surface area contributed by atoms with Crippen LogP contribution < -0.4 is 21.1 Å². The van der Waals surface area contributed by atoms with Crippen molar-refractivity contribution in [3.8, 4) is 5.75 Å². The number of carbonyl (C=O) groups excluding carboxylic acids is 1. The van der Waals surface area contributed by atoms with E-state index in [1.54, 1.807) is 4.90 Å². The molecule has 1 aromatic rings. The molecule has 1 aliphatic heterocycles. The molecule has 2 rings (SSSR count). The predicted molar refractivity (Wildman–Crippen MR) is 65.9 cm³/mol. The Morgan fingerprint density at radius 2 is 2.18 bits per heavy atom. The third kappa shape index (κ3) is 2.40. The van der Waals surface area contributed by atoms with Gasteiger partial charge < -0.3 is 21.1 Å². The van der Waals surface area contributed by atoms with Crippen molar-refractivity contribution in [1.82, 2.24) is 0 Å². The maximum atomic E-state index is 11.8. The minimum atomic E-state index is -0.0277. The Balaban J connectivity index is 2.31. The minimum absolute atomic E-state index is 0.0277. The van der Waals surface area contributed by atoms with E-state index in [9.17, 15) is 4.79 Å². The third-order valence-electron chi connectivity index (χ3n) is 2.79. The van der Waals surface area contributed by atoms with E-state index in [1.807, 2.05) is 18.2 Å². The second kappa shape index (κ2) is 5.16. The van der Waals surface area contributed by atoms with Crippen LogP contribution in [0.25, 0.3) is 0 Å². The summed E-state index contributed by atoms with van der Waals surface area (Å²) in [7, 11) is 0. The first-order valence-electron chi connectivity index (χ1n) is 5.72. The molecule has 0 spiro atoms. The number of hydrogen-bond acceptors (Lipinski definition) is 4. The van der Waals surface area contributed by atoms with Crippen LogP contribution in [-0.4, -0.2) is 25.6 Å². The van der Waals surface area contributed by atoms with Crippen molar-refractivity contribution in [2.75, 3.05) is 24.6 Å². The first-order valence-corrected chi connectivity index (χ1v) is 5.72. The zero-order valence-corrected chi connectivity index (χ0v) is 9.69. The number of anilines is 1. The third-order valence-corrected chi connectivity index (χ3v) is 2.79. The number of fused-ring (bicyclic) bond motifs is 1. The van der Waals surface area contributed by atoms with Crippen molar-refractivity contribution in [1.29, 1.82) is 0 Å². The van der Waals surface area contributed by atoms with E-state index >= 15 is 0 Å². The second-order valence-corrected chi connectivity index (χ2v) is 3.98. The van der Waals surface area contributed by atoms with E-state index in [0.29, 0.717) is 19.6 Å². The lowest BCUT2D eigenvalue weighted by Crippen LogP contribution is -2.40. The molecule has 5 nitrogen and oxygen atoms in total. The molecule has 1 amide bonds. The van der Waals surface area contributed by atoms with E-state index < -0.39 is 0 Å². The summed E-state index contributed by atoms with van der Waals surface area (Å²) >= 11 is 0. The summed E-state index contributed by atoms with van der Waals surface area (Å²) < 4.78 is 5.38. The number of nitrogens with two attached hydrogens (primary N) is 2. The Morgan fingerprint density at radius 1 is 1.35 bits per heavy atom. The van der Waals surface area contributed by atoms with Crippen molar-refractivity contribution in [3.05, 3.63) is 23.8 Å². The Hall–Kier alpha value is -1.59. The number of rotatable bonds is 4. The molecule has 92 valence electrons. The number of amides is 1. The van der Waals surface area contributed by atoms with E-state index in [0.717, 1.165) is 23.4 Å². The average molecular weight is 235 g/mol. The summed E-state index contributed by atoms with van der Waals surface area (Å²) in [6.07, 6.45) is 0.776. The molecule has 0 aromatic heterocycles. The van der Waals surface area contributed by atoms with Gasteiger partial charge in [-0.1, -0.05) is 6.07 Å². The van der Waals surface area contributed by atoms with Crippen molar-refractivity contribution >= 4 is 11.6 Å². The van der Waals surface area contributed by atoms with Gasteiger partial charge in [0.1, 0.15) is 5.75 Å². The van der Waals surface area contributed by atoms with Crippen LogP contribution in [0, 0.1) is 0 Å². The highest BCUT2D eigenvalue weighted by Crippen LogP contribution is 2.32. The summed E-state index contributed by atoms with van der Waals surface area (Å²) in [5.41, 5.74) is 12.9. The topological polar surface area (TPSA) is 81.6 Å². The highest BCUT2D eigenvalue weighted by atomic mass is 16.5. The van der Waals surface area contributed by atoms with Crippen LogP contribution in [0.5, 0.6) is 5.75 Å². The van der Waals surface area contributed by atoms with Gasteiger partial charge in [-0.25, -0.2) is 0 Å². The molecule has 0 unspecified atom stereocenters. The molecule has 0 fully saturated rings. The summed E-state index contributed by atoms with van der Waals surface area (Å²) in [6.45, 7) is 1.74. The molecular formula is C12H17N3O2. The van der Waals surface area contributed by atoms with Crippen LogP contribution in [0.2, 0.25) is 0 Å². The molecule has 1 aliphatic rings. The number of carbonyl (C=O) groups is 1. The fraction of sp³-hybridized carbons (Fsp3) is 0.417. The molecule has 0 saturated carbocycles. The van der Waals surface area contributed by atoms with Gasteiger partial charge in [0.2, 0.25) is 0 Å². The molecule has 1 aromatic carbocycles. The van der Waals surface area contributed by atoms with Crippen LogP contribution in [0.1, 0.15) is 12.0 Å². The molecule has 0 bridgehead atoms. The monoisotopic (exact) mass is 235 g/mol. The molecule has 0 aliphatic carbocycles. The van der Waals surface area contributed by atoms with E-state index in [1.165, 1.54) is 0 Å². The lowest BCUT2D eigenvalue weighted by molar-refractivity contribution is -0.121. The highest BCUT2D eigenvalue weighted by molar-refractivity contribution is 5.97. The van der Waals surface area contributed by atoms with Crippen LogP contribution in [-0.2, 0) is 11.3 Å². The van der Waals surface area contributed by atoms with Gasteiger partial charge in [0.05, 0.1) is 5.69 Å². The number of hydrogen-bond donors (Lipinski definition) is 2. The number of benzene rings is 1. The first-order chi connectivity index (χ1) is 8.26. The SMILES string of the molecule is NCCCN1C(=O)COc2ccc(CN)cc21. The van der Waals surface area contributed by atoms with Gasteiger partial charge in [0, 0.05) is 13.1 Å². The van der Waals surface area contributed by atoms with Gasteiger partial charge in [-0.05, 0) is 30.7 Å². The highest BCUT2D eigenvalue weighted by Gasteiger charge is 2.24. The standard InChI is InChI=1S/C12H17N3O2/c13-4-1-5-15-10-6-9(7-14)2-3-11(10)17-8-12(15)16/h2-3,6H,1,4-5,7-8,13-14H2. The summed E-state index contributed by atoms with van der Waals surface area (Å²) in [4.78, 5) is 13.5. The van der Waals surface area contributed by atoms with Crippen molar-refractivity contribution in [2.45, 2.75) is 13.0 Å². The molecular weight excluding hydrogens is 218 g/mol. The average Bonchev–Trinajstić information content (AvgIpc) is 2.37. The van der Waals surface area contributed by atoms with Crippen LogP contribution in [0.15, 0.2) is 18.2 Å². The molecule has 0 saturated heterocycles. The lowest BCUT2D eigenvalue weighted by Gasteiger charge is -2.29. The Labute approximate surface area is 100 Å².